The van der Waals surface area contributed by atoms with Crippen molar-refractivity contribution >= 4 is 0 Å². The summed E-state index contributed by atoms with van der Waals surface area (Å²) >= 11 is 0. The summed E-state index contributed by atoms with van der Waals surface area (Å²) in [5.74, 6) is 3.86. The maximum Gasteiger partial charge on any atom is -0.0159 e. The van der Waals surface area contributed by atoms with Crippen LogP contribution in [-0.4, -0.2) is 0 Å². The van der Waals surface area contributed by atoms with Crippen molar-refractivity contribution < 1.29 is 0 Å². The number of aryl methyl sites for hydroxylation is 1. The lowest BCUT2D eigenvalue weighted by atomic mass is 9.63. The van der Waals surface area contributed by atoms with Crippen LogP contribution in [0, 0.1) is 17.8 Å². The molecule has 27 heavy (non-hydrogen) atoms. The molecule has 0 spiro atoms. The number of rotatable bonds is 5. The molecular weight excluding hydrogens is 324 g/mol. The molecule has 4 unspecified atom stereocenters. The van der Waals surface area contributed by atoms with Crippen molar-refractivity contribution in [2.24, 2.45) is 17.8 Å². The van der Waals surface area contributed by atoms with Crippen LogP contribution in [0.5, 0.6) is 0 Å². The summed E-state index contributed by atoms with van der Waals surface area (Å²) in [4.78, 5) is 0. The predicted octanol–water partition coefficient (Wildman–Crippen LogP) is 8.02. The van der Waals surface area contributed by atoms with Crippen LogP contribution in [0.4, 0.5) is 0 Å². The van der Waals surface area contributed by atoms with Crippen molar-refractivity contribution in [1.29, 1.82) is 0 Å². The van der Waals surface area contributed by atoms with E-state index in [1.807, 2.05) is 0 Å². The molecule has 0 radical (unpaired) electrons. The highest BCUT2D eigenvalue weighted by atomic mass is 14.4. The Bertz CT molecular complexity index is 709. The second kappa shape index (κ2) is 8.63. The third-order valence-electron chi connectivity index (χ3n) is 7.50. The van der Waals surface area contributed by atoms with Gasteiger partial charge in [0.15, 0.2) is 0 Å². The molecule has 2 aliphatic carbocycles. The van der Waals surface area contributed by atoms with E-state index in [2.05, 4.69) is 62.4 Å². The lowest BCUT2D eigenvalue weighted by Gasteiger charge is -2.42. The first kappa shape index (κ1) is 18.8. The molecule has 0 saturated heterocycles. The van der Waals surface area contributed by atoms with Gasteiger partial charge in [0.05, 0.1) is 0 Å². The molecule has 0 aromatic heterocycles. The largest absolute Gasteiger partial charge is 0.0654 e. The fourth-order valence-corrected chi connectivity index (χ4v) is 5.84. The summed E-state index contributed by atoms with van der Waals surface area (Å²) < 4.78 is 0. The van der Waals surface area contributed by atoms with Crippen molar-refractivity contribution in [3.05, 3.63) is 59.7 Å². The quantitative estimate of drug-likeness (QED) is 0.506. The van der Waals surface area contributed by atoms with Gasteiger partial charge in [0.1, 0.15) is 0 Å². The Morgan fingerprint density at radius 1 is 0.704 bits per heavy atom. The molecule has 4 atom stereocenters. The molecule has 0 N–H and O–H groups in total. The van der Waals surface area contributed by atoms with Crippen LogP contribution in [-0.2, 0) is 6.42 Å². The molecule has 2 aromatic carbocycles. The molecule has 0 bridgehead atoms. The minimum atomic E-state index is 0.797. The predicted molar refractivity (Wildman–Crippen MR) is 117 cm³/mol. The van der Waals surface area contributed by atoms with Gasteiger partial charge in [-0.05, 0) is 84.5 Å². The minimum absolute atomic E-state index is 0.797. The monoisotopic (exact) mass is 360 g/mol. The molecule has 0 nitrogen and oxygen atoms in total. The first-order chi connectivity index (χ1) is 13.3. The number of fused-ring (bicyclic) bond motifs is 1. The summed E-state index contributed by atoms with van der Waals surface area (Å²) in [7, 11) is 0. The van der Waals surface area contributed by atoms with E-state index in [0.29, 0.717) is 0 Å². The molecule has 2 aliphatic rings. The molecule has 2 fully saturated rings. The van der Waals surface area contributed by atoms with Crippen molar-refractivity contribution in [3.63, 3.8) is 0 Å². The van der Waals surface area contributed by atoms with E-state index in [4.69, 9.17) is 0 Å². The van der Waals surface area contributed by atoms with E-state index in [1.54, 1.807) is 5.56 Å². The molecule has 0 amide bonds. The zero-order valence-electron chi connectivity index (χ0n) is 17.3. The van der Waals surface area contributed by atoms with Gasteiger partial charge in [0, 0.05) is 0 Å². The van der Waals surface area contributed by atoms with Gasteiger partial charge in [0.2, 0.25) is 0 Å². The Morgan fingerprint density at radius 2 is 1.33 bits per heavy atom. The minimum Gasteiger partial charge on any atom is -0.0654 e. The number of benzene rings is 2. The van der Waals surface area contributed by atoms with Crippen LogP contribution in [0.1, 0.15) is 82.3 Å². The van der Waals surface area contributed by atoms with Crippen LogP contribution < -0.4 is 0 Å². The second-order valence-corrected chi connectivity index (χ2v) is 9.17. The van der Waals surface area contributed by atoms with E-state index in [9.17, 15) is 0 Å². The first-order valence-corrected chi connectivity index (χ1v) is 11.5. The fraction of sp³-hybridized carbons (Fsp3) is 0.556. The van der Waals surface area contributed by atoms with Gasteiger partial charge in [0.25, 0.3) is 0 Å². The van der Waals surface area contributed by atoms with E-state index >= 15 is 0 Å². The first-order valence-electron chi connectivity index (χ1n) is 11.5. The smallest absolute Gasteiger partial charge is 0.0159 e. The van der Waals surface area contributed by atoms with Crippen LogP contribution in [0.3, 0.4) is 0 Å². The van der Waals surface area contributed by atoms with Crippen LogP contribution in [0.15, 0.2) is 48.5 Å². The number of hydrogen-bond acceptors (Lipinski definition) is 0. The molecule has 0 heteroatoms. The number of hydrogen-bond donors (Lipinski definition) is 0. The van der Waals surface area contributed by atoms with Crippen LogP contribution in [0.25, 0.3) is 11.1 Å². The third-order valence-corrected chi connectivity index (χ3v) is 7.50. The van der Waals surface area contributed by atoms with Crippen molar-refractivity contribution in [3.8, 4) is 11.1 Å². The summed E-state index contributed by atoms with van der Waals surface area (Å²) in [5.41, 5.74) is 5.70. The van der Waals surface area contributed by atoms with Crippen molar-refractivity contribution in [1.82, 2.24) is 0 Å². The molecular formula is C27H36. The summed E-state index contributed by atoms with van der Waals surface area (Å²) in [6.45, 7) is 4.57. The van der Waals surface area contributed by atoms with Crippen molar-refractivity contribution in [2.45, 2.75) is 77.6 Å². The van der Waals surface area contributed by atoms with Gasteiger partial charge < -0.3 is 0 Å². The van der Waals surface area contributed by atoms with E-state index in [0.717, 1.165) is 30.1 Å². The Morgan fingerprint density at radius 3 is 2.00 bits per heavy atom. The van der Waals surface area contributed by atoms with Gasteiger partial charge in [-0.15, -0.1) is 0 Å². The third kappa shape index (κ3) is 4.31. The van der Waals surface area contributed by atoms with Gasteiger partial charge in [-0.1, -0.05) is 81.6 Å². The highest BCUT2D eigenvalue weighted by Gasteiger charge is 2.35. The SMILES string of the molecule is CCCC1CCC2CC(c3ccc(-c4ccc(CC)cc4)cc3)CCC2C1. The zero-order chi connectivity index (χ0) is 18.6. The highest BCUT2D eigenvalue weighted by molar-refractivity contribution is 5.64. The Kier molecular flexibility index (Phi) is 6.01. The maximum absolute atomic E-state index is 2.41. The fourth-order valence-electron chi connectivity index (χ4n) is 5.84. The molecule has 4 rings (SSSR count). The van der Waals surface area contributed by atoms with E-state index in [1.165, 1.54) is 68.1 Å². The topological polar surface area (TPSA) is 0 Å². The lowest BCUT2D eigenvalue weighted by Crippen LogP contribution is -2.30. The maximum atomic E-state index is 2.41. The van der Waals surface area contributed by atoms with Gasteiger partial charge in [-0.3, -0.25) is 0 Å². The molecule has 144 valence electrons. The summed E-state index contributed by atoms with van der Waals surface area (Å²) in [5, 5.41) is 0. The summed E-state index contributed by atoms with van der Waals surface area (Å²) in [6, 6.07) is 18.6. The van der Waals surface area contributed by atoms with Gasteiger partial charge >= 0.3 is 0 Å². The van der Waals surface area contributed by atoms with Gasteiger partial charge in [-0.25, -0.2) is 0 Å². The van der Waals surface area contributed by atoms with Gasteiger partial charge in [-0.2, -0.15) is 0 Å². The second-order valence-electron chi connectivity index (χ2n) is 9.17. The average Bonchev–Trinajstić information content (AvgIpc) is 2.74. The van der Waals surface area contributed by atoms with E-state index < -0.39 is 0 Å². The molecule has 0 heterocycles. The lowest BCUT2D eigenvalue weighted by molar-refractivity contribution is 0.114. The van der Waals surface area contributed by atoms with E-state index in [-0.39, 0.29) is 0 Å². The van der Waals surface area contributed by atoms with Crippen molar-refractivity contribution in [2.75, 3.05) is 0 Å². The van der Waals surface area contributed by atoms with Crippen LogP contribution in [0.2, 0.25) is 0 Å². The molecule has 0 aliphatic heterocycles. The molecule has 2 aromatic rings. The Labute approximate surface area is 166 Å². The Hall–Kier alpha value is -1.56. The average molecular weight is 361 g/mol. The highest BCUT2D eigenvalue weighted by Crippen LogP contribution is 2.48. The zero-order valence-corrected chi connectivity index (χ0v) is 17.3. The van der Waals surface area contributed by atoms with Crippen LogP contribution >= 0.6 is 0 Å². The standard InChI is InChI=1S/C27H36/c1-3-5-21-8-11-27-19-26(17-16-25(27)18-21)24-14-12-23(13-15-24)22-9-6-20(4-2)7-10-22/h6-7,9-10,12-15,21,25-27H,3-5,8,11,16-19H2,1-2H3. The Balaban J connectivity index is 1.39. The molecule has 2 saturated carbocycles. The normalized spacial score (nSPS) is 27.9. The summed E-state index contributed by atoms with van der Waals surface area (Å²) in [6.07, 6.45) is 12.8.